The van der Waals surface area contributed by atoms with E-state index in [9.17, 15) is 40.3 Å². The van der Waals surface area contributed by atoms with Crippen LogP contribution in [0.5, 0.6) is 0 Å². The molecule has 2 saturated heterocycles. The minimum atomic E-state index is -5.03. The Balaban J connectivity index is 1.70. The molecule has 1 unspecified atom stereocenters. The number of fused-ring (bicyclic) bond motifs is 1. The first-order chi connectivity index (χ1) is 17.6. The van der Waals surface area contributed by atoms with Crippen molar-refractivity contribution >= 4 is 23.5 Å². The summed E-state index contributed by atoms with van der Waals surface area (Å²) in [4.78, 5) is 30.1. The Kier molecular flexibility index (Phi) is 7.32. The molecule has 2 aliphatic heterocycles. The zero-order chi connectivity index (χ0) is 28.2. The van der Waals surface area contributed by atoms with Gasteiger partial charge in [-0.3, -0.25) is 4.79 Å². The van der Waals surface area contributed by atoms with Gasteiger partial charge in [0.05, 0.1) is 29.3 Å². The molecule has 2 fully saturated rings. The highest BCUT2D eigenvalue weighted by Crippen LogP contribution is 2.42. The van der Waals surface area contributed by atoms with Gasteiger partial charge in [-0.1, -0.05) is 17.7 Å². The van der Waals surface area contributed by atoms with Gasteiger partial charge in [0.25, 0.3) is 0 Å². The Morgan fingerprint density at radius 3 is 2.18 bits per heavy atom. The highest BCUT2D eigenvalue weighted by Gasteiger charge is 2.47. The first kappa shape index (κ1) is 28.0. The van der Waals surface area contributed by atoms with Crippen LogP contribution in [-0.2, 0) is 17.1 Å². The van der Waals surface area contributed by atoms with Crippen LogP contribution in [0.2, 0.25) is 5.02 Å². The topological polar surface area (TPSA) is 43.9 Å². The lowest BCUT2D eigenvalue weighted by atomic mass is 9.93. The Labute approximate surface area is 218 Å². The molecule has 13 heteroatoms. The fraction of sp³-hybridized carbons (Fsp3) is 0.440. The normalized spacial score (nSPS) is 20.9. The molecule has 2 aliphatic rings. The molecule has 3 atom stereocenters. The van der Waals surface area contributed by atoms with Crippen LogP contribution in [0.3, 0.4) is 0 Å². The molecule has 4 rings (SSSR count). The first-order valence-electron chi connectivity index (χ1n) is 11.7. The van der Waals surface area contributed by atoms with Gasteiger partial charge in [0, 0.05) is 31.6 Å². The number of benzene rings is 2. The minimum Gasteiger partial charge on any atom is -0.335 e. The van der Waals surface area contributed by atoms with Crippen LogP contribution in [-0.4, -0.2) is 52.8 Å². The van der Waals surface area contributed by atoms with Gasteiger partial charge in [0.1, 0.15) is 5.82 Å². The van der Waals surface area contributed by atoms with Crippen molar-refractivity contribution in [3.8, 4) is 0 Å². The third-order valence-corrected chi connectivity index (χ3v) is 7.49. The maximum absolute atomic E-state index is 13.8. The van der Waals surface area contributed by atoms with E-state index in [0.717, 1.165) is 17.0 Å². The van der Waals surface area contributed by atoms with E-state index in [1.54, 1.807) is 4.90 Å². The number of halogens is 8. The van der Waals surface area contributed by atoms with Crippen molar-refractivity contribution in [1.29, 1.82) is 0 Å². The van der Waals surface area contributed by atoms with Gasteiger partial charge in [-0.25, -0.2) is 9.18 Å². The minimum absolute atomic E-state index is 0.0254. The van der Waals surface area contributed by atoms with Crippen molar-refractivity contribution in [2.24, 2.45) is 0 Å². The van der Waals surface area contributed by atoms with Crippen LogP contribution in [0.25, 0.3) is 0 Å². The van der Waals surface area contributed by atoms with Crippen molar-refractivity contribution in [3.63, 3.8) is 0 Å². The Morgan fingerprint density at radius 1 is 1.03 bits per heavy atom. The number of hydrogen-bond acceptors (Lipinski definition) is 2. The predicted octanol–water partition coefficient (Wildman–Crippen LogP) is 6.68. The Bertz CT molecular complexity index is 1220. The van der Waals surface area contributed by atoms with Gasteiger partial charge in [-0.15, -0.1) is 0 Å². The lowest BCUT2D eigenvalue weighted by Crippen LogP contribution is -2.57. The van der Waals surface area contributed by atoms with Crippen LogP contribution in [0.1, 0.15) is 54.1 Å². The highest BCUT2D eigenvalue weighted by atomic mass is 35.5. The fourth-order valence-corrected chi connectivity index (χ4v) is 5.36. The van der Waals surface area contributed by atoms with Gasteiger partial charge in [-0.05, 0) is 54.8 Å². The van der Waals surface area contributed by atoms with Gasteiger partial charge < -0.3 is 14.7 Å². The molecule has 2 aromatic carbocycles. The number of hydrogen-bond donors (Lipinski definition) is 0. The highest BCUT2D eigenvalue weighted by molar-refractivity contribution is 6.31. The van der Waals surface area contributed by atoms with E-state index in [2.05, 4.69) is 0 Å². The molecule has 0 N–H and O–H groups in total. The summed E-state index contributed by atoms with van der Waals surface area (Å²) >= 11 is 6.31. The van der Waals surface area contributed by atoms with Crippen LogP contribution in [0.4, 0.5) is 35.5 Å². The van der Waals surface area contributed by atoms with Crippen molar-refractivity contribution in [2.45, 2.75) is 50.2 Å². The average Bonchev–Trinajstić information content (AvgIpc) is 3.21. The number of urea groups is 1. The van der Waals surface area contributed by atoms with Gasteiger partial charge in [0.15, 0.2) is 0 Å². The van der Waals surface area contributed by atoms with E-state index >= 15 is 0 Å². The molecule has 0 spiro atoms. The molecule has 206 valence electrons. The average molecular weight is 566 g/mol. The van der Waals surface area contributed by atoms with Crippen molar-refractivity contribution in [2.75, 3.05) is 20.1 Å². The fourth-order valence-electron chi connectivity index (χ4n) is 5.08. The van der Waals surface area contributed by atoms with Crippen molar-refractivity contribution in [3.05, 3.63) is 69.5 Å². The predicted molar refractivity (Wildman–Crippen MR) is 124 cm³/mol. The third kappa shape index (κ3) is 5.27. The quantitative estimate of drug-likeness (QED) is 0.390. The molecule has 0 aliphatic carbocycles. The van der Waals surface area contributed by atoms with Crippen LogP contribution in [0.15, 0.2) is 36.4 Å². The molecule has 3 amide bonds. The molecular weight excluding hydrogens is 543 g/mol. The summed E-state index contributed by atoms with van der Waals surface area (Å²) in [5.41, 5.74) is -2.94. The first-order valence-corrected chi connectivity index (χ1v) is 12.0. The molecule has 0 bridgehead atoms. The second kappa shape index (κ2) is 9.94. The molecule has 0 aromatic heterocycles. The third-order valence-electron chi connectivity index (χ3n) is 7.16. The molecule has 2 aromatic rings. The largest absolute Gasteiger partial charge is 0.416 e. The summed E-state index contributed by atoms with van der Waals surface area (Å²) in [5, 5.41) is 0.0254. The van der Waals surface area contributed by atoms with Gasteiger partial charge in [-0.2, -0.15) is 26.3 Å². The lowest BCUT2D eigenvalue weighted by molar-refractivity contribution is -0.143. The summed E-state index contributed by atoms with van der Waals surface area (Å²) in [6, 6.07) is 1.70. The molecule has 38 heavy (non-hydrogen) atoms. The smallest absolute Gasteiger partial charge is 0.335 e. The standard InChI is InChI=1S/C25H23ClF7N3O2/c1-13(14-9-15(24(28,29)30)11-16(10-14)25(31,32)33)34(2)23(38)36-8-7-35-20(5-6-21(35)37)22(36)18-4-3-17(27)12-19(18)26/h3-4,9-13,20,22H,5-8H2,1-2H3/t13-,20+,22?/m1/s1. The maximum Gasteiger partial charge on any atom is 0.416 e. The van der Waals surface area contributed by atoms with Crippen molar-refractivity contribution < 1.29 is 40.3 Å². The van der Waals surface area contributed by atoms with E-state index in [1.165, 1.54) is 24.9 Å². The molecular formula is C25H23ClF7N3O2. The number of carbonyl (C=O) groups excluding carboxylic acids is 2. The maximum atomic E-state index is 13.8. The van der Waals surface area contributed by atoms with E-state index < -0.39 is 53.5 Å². The second-order valence-electron chi connectivity index (χ2n) is 9.41. The van der Waals surface area contributed by atoms with E-state index in [0.29, 0.717) is 24.1 Å². The Hall–Kier alpha value is -3.02. The summed E-state index contributed by atoms with van der Waals surface area (Å²) in [7, 11) is 1.27. The number of nitrogens with zero attached hydrogens (tertiary/aromatic N) is 3. The van der Waals surface area contributed by atoms with Crippen molar-refractivity contribution in [1.82, 2.24) is 14.7 Å². The van der Waals surface area contributed by atoms with Crippen LogP contribution < -0.4 is 0 Å². The number of carbonyl (C=O) groups is 2. The van der Waals surface area contributed by atoms with Crippen LogP contribution >= 0.6 is 11.6 Å². The van der Waals surface area contributed by atoms with E-state index in [-0.39, 0.29) is 42.1 Å². The molecule has 0 saturated carbocycles. The zero-order valence-electron chi connectivity index (χ0n) is 20.2. The summed E-state index contributed by atoms with van der Waals surface area (Å²) < 4.78 is 94.1. The van der Waals surface area contributed by atoms with Gasteiger partial charge in [0.2, 0.25) is 5.91 Å². The molecule has 2 heterocycles. The molecule has 0 radical (unpaired) electrons. The number of amides is 3. The van der Waals surface area contributed by atoms with Crippen LogP contribution in [0, 0.1) is 5.82 Å². The summed E-state index contributed by atoms with van der Waals surface area (Å²) in [6.45, 7) is 1.55. The monoisotopic (exact) mass is 565 g/mol. The SMILES string of the molecule is C[C@H](c1cc(C(F)(F)F)cc(C(F)(F)F)c1)N(C)C(=O)N1CCN2C(=O)CC[C@H]2C1c1ccc(F)cc1Cl. The number of rotatable bonds is 3. The zero-order valence-corrected chi connectivity index (χ0v) is 21.0. The van der Waals surface area contributed by atoms with E-state index in [4.69, 9.17) is 11.6 Å². The Morgan fingerprint density at radius 2 is 1.63 bits per heavy atom. The van der Waals surface area contributed by atoms with E-state index in [1.807, 2.05) is 0 Å². The summed E-state index contributed by atoms with van der Waals surface area (Å²) in [6.07, 6.45) is -9.44. The number of piperazine rings is 1. The summed E-state index contributed by atoms with van der Waals surface area (Å²) in [5.74, 6) is -0.724. The second-order valence-corrected chi connectivity index (χ2v) is 9.81. The molecule has 5 nitrogen and oxygen atoms in total. The lowest BCUT2D eigenvalue weighted by Gasteiger charge is -2.46. The van der Waals surface area contributed by atoms with Gasteiger partial charge >= 0.3 is 18.4 Å². The number of alkyl halides is 6.